The van der Waals surface area contributed by atoms with Crippen molar-refractivity contribution in [3.8, 4) is 17.0 Å². The van der Waals surface area contributed by atoms with Crippen molar-refractivity contribution in [1.29, 1.82) is 0 Å². The molecule has 3 aromatic carbocycles. The number of benzene rings is 3. The van der Waals surface area contributed by atoms with Gasteiger partial charge in [0.25, 0.3) is 5.56 Å². The van der Waals surface area contributed by atoms with E-state index in [-0.39, 0.29) is 23.6 Å². The number of nitrogens with one attached hydrogen (secondary N) is 2. The maximum atomic E-state index is 13.1. The number of methoxy groups -OCH3 is 1. The third kappa shape index (κ3) is 4.06. The summed E-state index contributed by atoms with van der Waals surface area (Å²) in [6, 6.07) is 22.8. The molecule has 2 N–H and O–H groups in total. The number of aromatic amines is 1. The van der Waals surface area contributed by atoms with Crippen LogP contribution in [0.15, 0.2) is 77.6 Å². The van der Waals surface area contributed by atoms with Crippen molar-refractivity contribution < 1.29 is 9.53 Å². The summed E-state index contributed by atoms with van der Waals surface area (Å²) in [5.74, 6) is 0.866. The number of ether oxygens (including phenoxy) is 1. The molecule has 0 bridgehead atoms. The van der Waals surface area contributed by atoms with Gasteiger partial charge >= 0.3 is 0 Å². The van der Waals surface area contributed by atoms with Gasteiger partial charge in [0.05, 0.1) is 24.2 Å². The van der Waals surface area contributed by atoms with E-state index in [0.717, 1.165) is 34.4 Å². The van der Waals surface area contributed by atoms with Crippen molar-refractivity contribution in [2.24, 2.45) is 0 Å². The lowest BCUT2D eigenvalue weighted by atomic mass is 10.0. The summed E-state index contributed by atoms with van der Waals surface area (Å²) in [4.78, 5) is 27.0. The zero-order chi connectivity index (χ0) is 23.7. The molecule has 7 heteroatoms. The highest BCUT2D eigenvalue weighted by Gasteiger charge is 2.33. The van der Waals surface area contributed by atoms with Crippen LogP contribution in [-0.4, -0.2) is 35.8 Å². The lowest BCUT2D eigenvalue weighted by Crippen LogP contribution is -2.39. The van der Waals surface area contributed by atoms with E-state index in [1.165, 1.54) is 0 Å². The second kappa shape index (κ2) is 9.11. The largest absolute Gasteiger partial charge is 0.497 e. The fourth-order valence-electron chi connectivity index (χ4n) is 4.53. The van der Waals surface area contributed by atoms with Gasteiger partial charge in [-0.25, -0.2) is 5.10 Å². The predicted molar refractivity (Wildman–Crippen MR) is 133 cm³/mol. The highest BCUT2D eigenvalue weighted by molar-refractivity contribution is 6.00. The van der Waals surface area contributed by atoms with Gasteiger partial charge in [0.1, 0.15) is 5.75 Å². The molecule has 1 amide bonds. The van der Waals surface area contributed by atoms with Gasteiger partial charge in [0.15, 0.2) is 0 Å². The van der Waals surface area contributed by atoms with Gasteiger partial charge in [0, 0.05) is 29.2 Å². The van der Waals surface area contributed by atoms with E-state index >= 15 is 0 Å². The summed E-state index contributed by atoms with van der Waals surface area (Å²) in [7, 11) is 1.65. The van der Waals surface area contributed by atoms with Gasteiger partial charge in [-0.2, -0.15) is 5.10 Å². The monoisotopic (exact) mass is 454 g/mol. The lowest BCUT2D eigenvalue weighted by Gasteiger charge is -2.21. The van der Waals surface area contributed by atoms with E-state index in [9.17, 15) is 9.59 Å². The molecule has 1 saturated heterocycles. The number of amides is 1. The zero-order valence-corrected chi connectivity index (χ0v) is 19.1. The van der Waals surface area contributed by atoms with Crippen LogP contribution in [0.25, 0.3) is 22.0 Å². The molecule has 0 spiro atoms. The minimum Gasteiger partial charge on any atom is -0.497 e. The summed E-state index contributed by atoms with van der Waals surface area (Å²) < 4.78 is 5.32. The second-order valence-electron chi connectivity index (χ2n) is 8.49. The van der Waals surface area contributed by atoms with Gasteiger partial charge in [0.2, 0.25) is 5.91 Å². The van der Waals surface area contributed by atoms with E-state index < -0.39 is 0 Å². The van der Waals surface area contributed by atoms with Crippen molar-refractivity contribution in [2.45, 2.75) is 25.4 Å². The van der Waals surface area contributed by atoms with Crippen LogP contribution < -0.4 is 20.5 Å². The van der Waals surface area contributed by atoms with E-state index in [2.05, 4.69) is 22.4 Å². The molecule has 1 aliphatic rings. The Hall–Kier alpha value is -3.97. The topological polar surface area (TPSA) is 87.3 Å². The van der Waals surface area contributed by atoms with E-state index in [0.29, 0.717) is 17.6 Å². The summed E-state index contributed by atoms with van der Waals surface area (Å²) in [6.45, 7) is 2.71. The SMILES string of the molecule is COc1cccc(C(C)NC2CCN(c3ccc(-c4n[nH]c(=O)c5ccccc45)cc3)C2=O)c1. The highest BCUT2D eigenvalue weighted by Crippen LogP contribution is 2.29. The fourth-order valence-corrected chi connectivity index (χ4v) is 4.53. The van der Waals surface area contributed by atoms with Crippen LogP contribution in [0.4, 0.5) is 5.69 Å². The van der Waals surface area contributed by atoms with Crippen molar-refractivity contribution in [3.63, 3.8) is 0 Å². The molecule has 4 aromatic rings. The molecule has 0 radical (unpaired) electrons. The van der Waals surface area contributed by atoms with Crippen molar-refractivity contribution in [1.82, 2.24) is 15.5 Å². The number of fused-ring (bicyclic) bond motifs is 1. The molecular weight excluding hydrogens is 428 g/mol. The summed E-state index contributed by atoms with van der Waals surface area (Å²) in [6.07, 6.45) is 0.737. The van der Waals surface area contributed by atoms with Crippen LogP contribution in [0, 0.1) is 0 Å². The van der Waals surface area contributed by atoms with Crippen LogP contribution >= 0.6 is 0 Å². The Morgan fingerprint density at radius 3 is 2.56 bits per heavy atom. The third-order valence-corrected chi connectivity index (χ3v) is 6.40. The number of aromatic nitrogens is 2. The van der Waals surface area contributed by atoms with Gasteiger partial charge in [-0.1, -0.05) is 42.5 Å². The molecule has 34 heavy (non-hydrogen) atoms. The average Bonchev–Trinajstić information content (AvgIpc) is 3.24. The summed E-state index contributed by atoms with van der Waals surface area (Å²) >= 11 is 0. The lowest BCUT2D eigenvalue weighted by molar-refractivity contribution is -0.119. The predicted octanol–water partition coefficient (Wildman–Crippen LogP) is 4.05. The Morgan fingerprint density at radius 2 is 1.79 bits per heavy atom. The Morgan fingerprint density at radius 1 is 1.03 bits per heavy atom. The molecule has 0 saturated carbocycles. The zero-order valence-electron chi connectivity index (χ0n) is 19.1. The number of hydrogen-bond acceptors (Lipinski definition) is 5. The summed E-state index contributed by atoms with van der Waals surface area (Å²) in [5.41, 5.74) is 3.31. The number of carbonyl (C=O) groups excluding carboxylic acids is 1. The Bertz CT molecular complexity index is 1400. The van der Waals surface area contributed by atoms with Crippen LogP contribution in [0.2, 0.25) is 0 Å². The van der Waals surface area contributed by atoms with E-state index in [4.69, 9.17) is 4.74 Å². The molecule has 7 nitrogen and oxygen atoms in total. The van der Waals surface area contributed by atoms with Crippen LogP contribution in [-0.2, 0) is 4.79 Å². The Labute approximate surface area is 197 Å². The minimum atomic E-state index is -0.245. The first-order valence-electron chi connectivity index (χ1n) is 11.3. The first-order chi connectivity index (χ1) is 16.5. The molecule has 5 rings (SSSR count). The molecule has 1 aliphatic heterocycles. The molecule has 0 aliphatic carbocycles. The van der Waals surface area contributed by atoms with Crippen LogP contribution in [0.5, 0.6) is 5.75 Å². The van der Waals surface area contributed by atoms with Gasteiger partial charge in [-0.05, 0) is 49.2 Å². The summed E-state index contributed by atoms with van der Waals surface area (Å²) in [5, 5.41) is 11.7. The average molecular weight is 455 g/mol. The molecule has 172 valence electrons. The molecule has 1 fully saturated rings. The number of carbonyl (C=O) groups is 1. The quantitative estimate of drug-likeness (QED) is 0.459. The first-order valence-corrected chi connectivity index (χ1v) is 11.3. The van der Waals surface area contributed by atoms with Gasteiger partial charge in [-0.15, -0.1) is 0 Å². The van der Waals surface area contributed by atoms with Crippen LogP contribution in [0.3, 0.4) is 0 Å². The third-order valence-electron chi connectivity index (χ3n) is 6.40. The number of anilines is 1. The Balaban J connectivity index is 1.32. The number of H-pyrrole nitrogens is 1. The second-order valence-corrected chi connectivity index (χ2v) is 8.49. The van der Waals surface area contributed by atoms with Crippen molar-refractivity contribution in [3.05, 3.63) is 88.7 Å². The number of hydrogen-bond donors (Lipinski definition) is 2. The minimum absolute atomic E-state index is 0.0194. The molecular formula is C27H26N4O3. The van der Waals surface area contributed by atoms with Crippen LogP contribution in [0.1, 0.15) is 24.9 Å². The van der Waals surface area contributed by atoms with Crippen molar-refractivity contribution in [2.75, 3.05) is 18.6 Å². The Kier molecular flexibility index (Phi) is 5.86. The number of nitrogens with zero attached hydrogens (tertiary/aromatic N) is 2. The maximum absolute atomic E-state index is 13.1. The standard InChI is InChI=1S/C27H26N4O3/c1-17(19-6-5-7-21(16-19)34-2)28-24-14-15-31(27(24)33)20-12-10-18(11-13-20)25-22-8-3-4-9-23(22)26(32)30-29-25/h3-13,16-17,24,28H,14-15H2,1-2H3,(H,30,32). The fraction of sp³-hybridized carbons (Fsp3) is 0.222. The maximum Gasteiger partial charge on any atom is 0.272 e. The molecule has 1 aromatic heterocycles. The van der Waals surface area contributed by atoms with Crippen molar-refractivity contribution >= 4 is 22.4 Å². The molecule has 2 unspecified atom stereocenters. The smallest absolute Gasteiger partial charge is 0.272 e. The van der Waals surface area contributed by atoms with Gasteiger partial charge < -0.3 is 9.64 Å². The highest BCUT2D eigenvalue weighted by atomic mass is 16.5. The number of rotatable bonds is 6. The van der Waals surface area contributed by atoms with E-state index in [1.807, 2.05) is 71.6 Å². The molecule has 2 heterocycles. The normalized spacial score (nSPS) is 16.7. The first kappa shape index (κ1) is 21.9. The van der Waals surface area contributed by atoms with Gasteiger partial charge in [-0.3, -0.25) is 14.9 Å². The molecule has 2 atom stereocenters. The van der Waals surface area contributed by atoms with E-state index in [1.54, 1.807) is 13.2 Å².